The van der Waals surface area contributed by atoms with Gasteiger partial charge in [0.2, 0.25) is 5.89 Å². The van der Waals surface area contributed by atoms with Crippen molar-refractivity contribution in [1.29, 1.82) is 0 Å². The lowest BCUT2D eigenvalue weighted by Crippen LogP contribution is -2.35. The smallest absolute Gasteiger partial charge is 0.223 e. The molecule has 0 spiro atoms. The summed E-state index contributed by atoms with van der Waals surface area (Å²) in [5.41, 5.74) is 1.28. The topological polar surface area (TPSA) is 58.3 Å². The lowest BCUT2D eigenvalue weighted by molar-refractivity contribution is 0.198. The van der Waals surface area contributed by atoms with Crippen LogP contribution in [0.4, 0.5) is 0 Å². The molecule has 2 aromatic heterocycles. The minimum absolute atomic E-state index is 0.402. The highest BCUT2D eigenvalue weighted by Crippen LogP contribution is 2.26. The molecule has 0 unspecified atom stereocenters. The molecule has 6 nitrogen and oxygen atoms in total. The van der Waals surface area contributed by atoms with Gasteiger partial charge in [0.15, 0.2) is 5.82 Å². The molecule has 0 bridgehead atoms. The number of rotatable bonds is 5. The molecule has 3 heterocycles. The van der Waals surface area contributed by atoms with E-state index in [0.717, 1.165) is 31.9 Å². The third kappa shape index (κ3) is 3.34. The van der Waals surface area contributed by atoms with Gasteiger partial charge in [0.1, 0.15) is 0 Å². The Hall–Kier alpha value is -1.79. The molecule has 1 saturated heterocycles. The quantitative estimate of drug-likeness (QED) is 0.842. The number of aryl methyl sites for hydroxylation is 1. The van der Waals surface area contributed by atoms with Crippen LogP contribution in [0.25, 0.3) is 0 Å². The molecular formula is C16H23N5O. The van der Waals surface area contributed by atoms with Gasteiger partial charge >= 0.3 is 0 Å². The third-order valence-electron chi connectivity index (χ3n) is 4.49. The summed E-state index contributed by atoms with van der Waals surface area (Å²) in [5.74, 6) is 1.39. The Morgan fingerprint density at radius 1 is 1.50 bits per heavy atom. The van der Waals surface area contributed by atoms with Crippen molar-refractivity contribution in [2.45, 2.75) is 38.9 Å². The summed E-state index contributed by atoms with van der Waals surface area (Å²) in [6.45, 7) is 6.97. The zero-order valence-electron chi connectivity index (χ0n) is 13.4. The van der Waals surface area contributed by atoms with Crippen LogP contribution < -0.4 is 0 Å². The van der Waals surface area contributed by atoms with E-state index in [4.69, 9.17) is 4.52 Å². The minimum atomic E-state index is 0.402. The Morgan fingerprint density at radius 3 is 3.05 bits per heavy atom. The Bertz CT molecular complexity index is 600. The predicted octanol–water partition coefficient (Wildman–Crippen LogP) is 2.04. The molecule has 22 heavy (non-hydrogen) atoms. The van der Waals surface area contributed by atoms with Crippen molar-refractivity contribution in [3.63, 3.8) is 0 Å². The first-order chi connectivity index (χ1) is 10.6. The van der Waals surface area contributed by atoms with Crippen molar-refractivity contribution < 1.29 is 4.52 Å². The normalized spacial score (nSPS) is 20.6. The van der Waals surface area contributed by atoms with Crippen LogP contribution in [0, 0.1) is 6.92 Å². The fraction of sp³-hybridized carbons (Fsp3) is 0.562. The number of pyridine rings is 1. The average molecular weight is 301 g/mol. The van der Waals surface area contributed by atoms with Crippen molar-refractivity contribution in [3.05, 3.63) is 41.8 Å². The fourth-order valence-electron chi connectivity index (χ4n) is 3.07. The molecule has 1 aliphatic rings. The summed E-state index contributed by atoms with van der Waals surface area (Å²) in [7, 11) is 2.13. The molecule has 1 aliphatic heterocycles. The first-order valence-electron chi connectivity index (χ1n) is 7.77. The SMILES string of the molecule is Cc1nc(CN(C)[C@@H]2CCN([C@H](C)c3cccnc3)C2)no1. The summed E-state index contributed by atoms with van der Waals surface area (Å²) in [5, 5.41) is 3.98. The molecule has 0 aliphatic carbocycles. The summed E-state index contributed by atoms with van der Waals surface area (Å²) in [6.07, 6.45) is 4.95. The van der Waals surface area contributed by atoms with E-state index in [2.05, 4.69) is 45.0 Å². The van der Waals surface area contributed by atoms with Crippen LogP contribution in [-0.4, -0.2) is 51.1 Å². The van der Waals surface area contributed by atoms with Crippen LogP contribution in [0.15, 0.2) is 29.0 Å². The fourth-order valence-corrected chi connectivity index (χ4v) is 3.07. The van der Waals surface area contributed by atoms with E-state index in [-0.39, 0.29) is 0 Å². The summed E-state index contributed by atoms with van der Waals surface area (Å²) in [4.78, 5) is 13.3. The molecule has 118 valence electrons. The van der Waals surface area contributed by atoms with E-state index in [1.807, 2.05) is 25.4 Å². The molecule has 0 aromatic carbocycles. The van der Waals surface area contributed by atoms with Gasteiger partial charge in [-0.15, -0.1) is 0 Å². The average Bonchev–Trinajstić information content (AvgIpc) is 3.17. The highest BCUT2D eigenvalue weighted by Gasteiger charge is 2.29. The van der Waals surface area contributed by atoms with E-state index in [1.165, 1.54) is 5.56 Å². The van der Waals surface area contributed by atoms with E-state index < -0.39 is 0 Å². The van der Waals surface area contributed by atoms with E-state index in [1.54, 1.807) is 0 Å². The molecule has 2 aromatic rings. The highest BCUT2D eigenvalue weighted by molar-refractivity contribution is 5.13. The third-order valence-corrected chi connectivity index (χ3v) is 4.49. The molecular weight excluding hydrogens is 278 g/mol. The van der Waals surface area contributed by atoms with Crippen LogP contribution in [0.5, 0.6) is 0 Å². The molecule has 6 heteroatoms. The maximum absolute atomic E-state index is 5.04. The number of hydrogen-bond donors (Lipinski definition) is 0. The first kappa shape index (κ1) is 15.1. The van der Waals surface area contributed by atoms with Crippen LogP contribution in [0.1, 0.15) is 36.7 Å². The number of likely N-dealkylation sites (tertiary alicyclic amines) is 1. The van der Waals surface area contributed by atoms with E-state index in [0.29, 0.717) is 18.0 Å². The Balaban J connectivity index is 1.57. The standard InChI is InChI=1S/C16H23N5O/c1-12(14-5-4-7-17-9-14)21-8-6-15(10-21)20(3)11-16-18-13(2)22-19-16/h4-5,7,9,12,15H,6,8,10-11H2,1-3H3/t12-,15-/m1/s1. The Kier molecular flexibility index (Phi) is 4.49. The second kappa shape index (κ2) is 6.54. The van der Waals surface area contributed by atoms with E-state index >= 15 is 0 Å². The second-order valence-electron chi connectivity index (χ2n) is 6.04. The Morgan fingerprint density at radius 2 is 2.36 bits per heavy atom. The monoisotopic (exact) mass is 301 g/mol. The van der Waals surface area contributed by atoms with Crippen molar-refractivity contribution in [1.82, 2.24) is 24.9 Å². The second-order valence-corrected chi connectivity index (χ2v) is 6.04. The van der Waals surface area contributed by atoms with Gasteiger partial charge in [-0.05, 0) is 32.0 Å². The van der Waals surface area contributed by atoms with Crippen LogP contribution in [-0.2, 0) is 6.54 Å². The molecule has 3 rings (SSSR count). The molecule has 0 N–H and O–H groups in total. The summed E-state index contributed by atoms with van der Waals surface area (Å²) < 4.78 is 5.04. The van der Waals surface area contributed by atoms with Gasteiger partial charge in [-0.25, -0.2) is 0 Å². The van der Waals surface area contributed by atoms with Crippen molar-refractivity contribution in [2.24, 2.45) is 0 Å². The first-order valence-corrected chi connectivity index (χ1v) is 7.77. The number of aromatic nitrogens is 3. The van der Waals surface area contributed by atoms with Gasteiger partial charge in [-0.3, -0.25) is 14.8 Å². The zero-order valence-corrected chi connectivity index (χ0v) is 13.4. The summed E-state index contributed by atoms with van der Waals surface area (Å²) in [6, 6.07) is 5.08. The largest absolute Gasteiger partial charge is 0.340 e. The van der Waals surface area contributed by atoms with Gasteiger partial charge in [-0.1, -0.05) is 11.2 Å². The summed E-state index contributed by atoms with van der Waals surface area (Å²) >= 11 is 0. The van der Waals surface area contributed by atoms with Crippen LogP contribution in [0.3, 0.4) is 0 Å². The number of likely N-dealkylation sites (N-methyl/N-ethyl adjacent to an activating group) is 1. The number of nitrogens with zero attached hydrogens (tertiary/aromatic N) is 5. The highest BCUT2D eigenvalue weighted by atomic mass is 16.5. The maximum atomic E-state index is 5.04. The molecule has 2 atom stereocenters. The maximum Gasteiger partial charge on any atom is 0.223 e. The van der Waals surface area contributed by atoms with Crippen molar-refractivity contribution in [2.75, 3.05) is 20.1 Å². The molecule has 0 amide bonds. The van der Waals surface area contributed by atoms with E-state index in [9.17, 15) is 0 Å². The lowest BCUT2D eigenvalue weighted by atomic mass is 10.1. The van der Waals surface area contributed by atoms with Crippen LogP contribution in [0.2, 0.25) is 0 Å². The van der Waals surface area contributed by atoms with Gasteiger partial charge < -0.3 is 4.52 Å². The van der Waals surface area contributed by atoms with Gasteiger partial charge in [0.25, 0.3) is 0 Å². The van der Waals surface area contributed by atoms with Crippen LogP contribution >= 0.6 is 0 Å². The number of hydrogen-bond acceptors (Lipinski definition) is 6. The van der Waals surface area contributed by atoms with Crippen molar-refractivity contribution in [3.8, 4) is 0 Å². The molecule has 1 fully saturated rings. The Labute approximate surface area is 131 Å². The predicted molar refractivity (Wildman–Crippen MR) is 83.1 cm³/mol. The van der Waals surface area contributed by atoms with Crippen molar-refractivity contribution >= 4 is 0 Å². The lowest BCUT2D eigenvalue weighted by Gasteiger charge is -2.27. The molecule has 0 saturated carbocycles. The minimum Gasteiger partial charge on any atom is -0.340 e. The van der Waals surface area contributed by atoms with Gasteiger partial charge in [-0.2, -0.15) is 4.98 Å². The van der Waals surface area contributed by atoms with Gasteiger partial charge in [0, 0.05) is 44.5 Å². The zero-order chi connectivity index (χ0) is 15.5. The molecule has 0 radical (unpaired) electrons. The van der Waals surface area contributed by atoms with Gasteiger partial charge in [0.05, 0.1) is 6.54 Å².